The summed E-state index contributed by atoms with van der Waals surface area (Å²) in [6.07, 6.45) is 2.84. The van der Waals surface area contributed by atoms with Gasteiger partial charge in [0.2, 0.25) is 0 Å². The quantitative estimate of drug-likeness (QED) is 0.435. The third kappa shape index (κ3) is 5.13. The van der Waals surface area contributed by atoms with Crippen molar-refractivity contribution in [3.63, 3.8) is 0 Å². The molecule has 0 aliphatic heterocycles. The first-order valence-electron chi connectivity index (χ1n) is 6.44. The number of rotatable bonds is 5. The number of carbonyl (C=O) groups is 2. The molecule has 0 aliphatic carbocycles. The molecule has 0 bridgehead atoms. The Bertz CT molecular complexity index is 725. The average Bonchev–Trinajstić information content (AvgIpc) is 2.50. The number of esters is 1. The molecule has 0 unspecified atom stereocenters. The van der Waals surface area contributed by atoms with E-state index in [1.54, 1.807) is 42.5 Å². The second-order valence-electron chi connectivity index (χ2n) is 4.43. The van der Waals surface area contributed by atoms with Crippen LogP contribution in [0.1, 0.15) is 15.9 Å². The molecule has 3 nitrogen and oxygen atoms in total. The normalized spacial score (nSPS) is 10.6. The van der Waals surface area contributed by atoms with Crippen LogP contribution in [0.4, 0.5) is 0 Å². The molecule has 5 heteroatoms. The Kier molecular flexibility index (Phi) is 5.92. The fraction of sp³-hybridized carbons (Fsp3) is 0.0588. The number of hydrogen-bond acceptors (Lipinski definition) is 3. The largest absolute Gasteiger partial charge is 0.454 e. The van der Waals surface area contributed by atoms with Gasteiger partial charge in [0.1, 0.15) is 0 Å². The van der Waals surface area contributed by atoms with Gasteiger partial charge in [-0.25, -0.2) is 4.79 Å². The second kappa shape index (κ2) is 7.92. The van der Waals surface area contributed by atoms with Crippen LogP contribution in [0.15, 0.2) is 59.1 Å². The maximum atomic E-state index is 11.9. The van der Waals surface area contributed by atoms with Crippen LogP contribution >= 0.6 is 27.5 Å². The molecule has 2 rings (SSSR count). The first-order valence-corrected chi connectivity index (χ1v) is 7.61. The lowest BCUT2D eigenvalue weighted by Crippen LogP contribution is -2.12. The van der Waals surface area contributed by atoms with Crippen LogP contribution in [0, 0.1) is 0 Å². The monoisotopic (exact) mass is 378 g/mol. The molecule has 0 amide bonds. The van der Waals surface area contributed by atoms with Crippen molar-refractivity contribution in [1.29, 1.82) is 0 Å². The molecule has 0 radical (unpaired) electrons. The molecular weight excluding hydrogens is 368 g/mol. The van der Waals surface area contributed by atoms with Gasteiger partial charge in [-0.3, -0.25) is 4.79 Å². The second-order valence-corrected chi connectivity index (χ2v) is 5.78. The van der Waals surface area contributed by atoms with Crippen LogP contribution < -0.4 is 0 Å². The van der Waals surface area contributed by atoms with Crippen molar-refractivity contribution in [2.75, 3.05) is 6.61 Å². The highest BCUT2D eigenvalue weighted by Gasteiger charge is 2.08. The van der Waals surface area contributed by atoms with E-state index in [-0.39, 0.29) is 12.4 Å². The lowest BCUT2D eigenvalue weighted by Gasteiger charge is -2.02. The molecular formula is C17H12BrClO3. The number of ketones is 1. The number of halogens is 2. The van der Waals surface area contributed by atoms with Gasteiger partial charge >= 0.3 is 5.97 Å². The van der Waals surface area contributed by atoms with Crippen molar-refractivity contribution < 1.29 is 14.3 Å². The average molecular weight is 380 g/mol. The van der Waals surface area contributed by atoms with Crippen molar-refractivity contribution >= 4 is 45.4 Å². The Labute approximate surface area is 141 Å². The van der Waals surface area contributed by atoms with E-state index in [9.17, 15) is 9.59 Å². The highest BCUT2D eigenvalue weighted by molar-refractivity contribution is 9.10. The van der Waals surface area contributed by atoms with Gasteiger partial charge < -0.3 is 4.74 Å². The summed E-state index contributed by atoms with van der Waals surface area (Å²) in [5, 5.41) is 0.584. The zero-order chi connectivity index (χ0) is 15.9. The van der Waals surface area contributed by atoms with E-state index >= 15 is 0 Å². The Morgan fingerprint density at radius 2 is 1.91 bits per heavy atom. The summed E-state index contributed by atoms with van der Waals surface area (Å²) in [5.74, 6) is -0.839. The molecule has 0 atom stereocenters. The summed E-state index contributed by atoms with van der Waals surface area (Å²) in [7, 11) is 0. The summed E-state index contributed by atoms with van der Waals surface area (Å²) in [4.78, 5) is 23.5. The third-order valence-corrected chi connectivity index (χ3v) is 3.48. The zero-order valence-corrected chi connectivity index (χ0v) is 13.8. The first-order chi connectivity index (χ1) is 10.5. The zero-order valence-electron chi connectivity index (χ0n) is 11.5. The molecule has 0 saturated carbocycles. The van der Waals surface area contributed by atoms with Crippen LogP contribution in [0.2, 0.25) is 5.02 Å². The van der Waals surface area contributed by atoms with Gasteiger partial charge in [-0.1, -0.05) is 51.8 Å². The summed E-state index contributed by atoms with van der Waals surface area (Å²) in [6, 6.07) is 14.0. The third-order valence-electron chi connectivity index (χ3n) is 2.75. The number of benzene rings is 2. The maximum absolute atomic E-state index is 11.9. The summed E-state index contributed by atoms with van der Waals surface area (Å²) < 4.78 is 5.72. The minimum absolute atomic E-state index is 0.259. The highest BCUT2D eigenvalue weighted by Crippen LogP contribution is 2.13. The van der Waals surface area contributed by atoms with E-state index in [0.717, 1.165) is 10.0 Å². The molecule has 0 aliphatic rings. The summed E-state index contributed by atoms with van der Waals surface area (Å²) in [6.45, 7) is -0.296. The standard InChI is InChI=1S/C17H12BrClO3/c18-14-5-2-4-13(10-14)16(20)11-22-17(21)8-7-12-3-1-6-15(19)9-12/h1-10H,11H2/b8-7+. The van der Waals surface area contributed by atoms with Gasteiger partial charge in [0.25, 0.3) is 0 Å². The molecule has 0 spiro atoms. The molecule has 22 heavy (non-hydrogen) atoms. The number of hydrogen-bond donors (Lipinski definition) is 0. The molecule has 0 heterocycles. The Morgan fingerprint density at radius 1 is 1.14 bits per heavy atom. The van der Waals surface area contributed by atoms with E-state index in [0.29, 0.717) is 10.6 Å². The molecule has 2 aromatic rings. The molecule has 0 N–H and O–H groups in total. The van der Waals surface area contributed by atoms with Gasteiger partial charge in [-0.05, 0) is 35.9 Å². The number of Topliss-reactive ketones (excluding diaryl/α,β-unsaturated/α-hetero) is 1. The fourth-order valence-corrected chi connectivity index (χ4v) is 2.30. The van der Waals surface area contributed by atoms with Gasteiger partial charge in [0.15, 0.2) is 12.4 Å². The van der Waals surface area contributed by atoms with Crippen molar-refractivity contribution in [3.05, 3.63) is 75.2 Å². The maximum Gasteiger partial charge on any atom is 0.331 e. The summed E-state index contributed by atoms with van der Waals surface area (Å²) >= 11 is 9.13. The van der Waals surface area contributed by atoms with Gasteiger partial charge in [0, 0.05) is 21.1 Å². The van der Waals surface area contributed by atoms with Crippen LogP contribution in [-0.2, 0) is 9.53 Å². The Hall–Kier alpha value is -1.91. The van der Waals surface area contributed by atoms with Crippen LogP contribution in [0.25, 0.3) is 6.08 Å². The predicted molar refractivity (Wildman–Crippen MR) is 89.9 cm³/mol. The van der Waals surface area contributed by atoms with Crippen molar-refractivity contribution in [1.82, 2.24) is 0 Å². The summed E-state index contributed by atoms with van der Waals surface area (Å²) in [5.41, 5.74) is 1.27. The van der Waals surface area contributed by atoms with E-state index in [1.165, 1.54) is 6.08 Å². The van der Waals surface area contributed by atoms with E-state index in [2.05, 4.69) is 15.9 Å². The van der Waals surface area contributed by atoms with Crippen molar-refractivity contribution in [3.8, 4) is 0 Å². The number of carbonyl (C=O) groups excluding carboxylic acids is 2. The number of ether oxygens (including phenoxy) is 1. The molecule has 0 aromatic heterocycles. The molecule has 0 fully saturated rings. The van der Waals surface area contributed by atoms with Crippen molar-refractivity contribution in [2.45, 2.75) is 0 Å². The topological polar surface area (TPSA) is 43.4 Å². The molecule has 2 aromatic carbocycles. The Balaban J connectivity index is 1.89. The van der Waals surface area contributed by atoms with Gasteiger partial charge in [-0.15, -0.1) is 0 Å². The molecule has 0 saturated heterocycles. The van der Waals surface area contributed by atoms with Crippen molar-refractivity contribution in [2.24, 2.45) is 0 Å². The highest BCUT2D eigenvalue weighted by atomic mass is 79.9. The Morgan fingerprint density at radius 3 is 2.64 bits per heavy atom. The van der Waals surface area contributed by atoms with E-state index in [4.69, 9.17) is 16.3 Å². The lowest BCUT2D eigenvalue weighted by molar-refractivity contribution is -0.136. The first kappa shape index (κ1) is 16.5. The predicted octanol–water partition coefficient (Wildman–Crippen LogP) is 4.54. The SMILES string of the molecule is O=C(/C=C/c1cccc(Cl)c1)OCC(=O)c1cccc(Br)c1. The smallest absolute Gasteiger partial charge is 0.331 e. The van der Waals surface area contributed by atoms with Crippen LogP contribution in [-0.4, -0.2) is 18.4 Å². The fourth-order valence-electron chi connectivity index (χ4n) is 1.70. The minimum Gasteiger partial charge on any atom is -0.454 e. The van der Waals surface area contributed by atoms with Crippen LogP contribution in [0.5, 0.6) is 0 Å². The van der Waals surface area contributed by atoms with Crippen LogP contribution in [0.3, 0.4) is 0 Å². The van der Waals surface area contributed by atoms with Gasteiger partial charge in [-0.2, -0.15) is 0 Å². The van der Waals surface area contributed by atoms with E-state index < -0.39 is 5.97 Å². The molecule has 112 valence electrons. The van der Waals surface area contributed by atoms with Gasteiger partial charge in [0.05, 0.1) is 0 Å². The lowest BCUT2D eigenvalue weighted by atomic mass is 10.1. The minimum atomic E-state index is -0.580. The van der Waals surface area contributed by atoms with E-state index in [1.807, 2.05) is 12.1 Å².